The summed E-state index contributed by atoms with van der Waals surface area (Å²) in [5.41, 5.74) is 1.32. The van der Waals surface area contributed by atoms with Crippen LogP contribution in [0.4, 0.5) is 0 Å². The molecule has 2 heterocycles. The number of hydrogen-bond acceptors (Lipinski definition) is 4. The highest BCUT2D eigenvalue weighted by Gasteiger charge is 2.21. The Morgan fingerprint density at radius 3 is 3.06 bits per heavy atom. The molecule has 0 saturated carbocycles. The molecule has 3 nitrogen and oxygen atoms in total. The van der Waals surface area contributed by atoms with Crippen LogP contribution in [0.15, 0.2) is 16.7 Å². The molecule has 0 bridgehead atoms. The third-order valence-corrected chi connectivity index (χ3v) is 4.60. The maximum Gasteiger partial charge on any atom is 0.122 e. The molecule has 1 unspecified atom stereocenters. The standard InChI is InChI=1S/C14H24N2OS/c1-11(2)15-8-14-12(4-6-17-14)9-16(3)13-5-7-18-10-13/h4,6,11,13,15H,5,7-10H2,1-3H3. The molecule has 2 rings (SSSR count). The predicted molar refractivity (Wildman–Crippen MR) is 77.9 cm³/mol. The van der Waals surface area contributed by atoms with E-state index in [4.69, 9.17) is 4.42 Å². The highest BCUT2D eigenvalue weighted by molar-refractivity contribution is 7.99. The van der Waals surface area contributed by atoms with Gasteiger partial charge in [0.2, 0.25) is 0 Å². The number of nitrogens with one attached hydrogen (secondary N) is 1. The van der Waals surface area contributed by atoms with Crippen LogP contribution < -0.4 is 5.32 Å². The average Bonchev–Trinajstić information content (AvgIpc) is 2.97. The van der Waals surface area contributed by atoms with E-state index in [2.05, 4.69) is 48.9 Å². The predicted octanol–water partition coefficient (Wildman–Crippen LogP) is 2.71. The van der Waals surface area contributed by atoms with Crippen LogP contribution in [-0.2, 0) is 13.1 Å². The van der Waals surface area contributed by atoms with Crippen LogP contribution in [-0.4, -0.2) is 35.5 Å². The molecule has 1 aliphatic heterocycles. The molecule has 0 spiro atoms. The van der Waals surface area contributed by atoms with Crippen molar-refractivity contribution in [3.05, 3.63) is 23.7 Å². The quantitative estimate of drug-likeness (QED) is 0.859. The Labute approximate surface area is 114 Å². The lowest BCUT2D eigenvalue weighted by molar-refractivity contribution is 0.252. The molecule has 0 radical (unpaired) electrons. The molecule has 1 aromatic heterocycles. The summed E-state index contributed by atoms with van der Waals surface area (Å²) in [7, 11) is 2.23. The van der Waals surface area contributed by atoms with Gasteiger partial charge in [0.15, 0.2) is 0 Å². The molecular formula is C14H24N2OS. The zero-order valence-electron chi connectivity index (χ0n) is 11.6. The zero-order chi connectivity index (χ0) is 13.0. The third-order valence-electron chi connectivity index (χ3n) is 3.46. The van der Waals surface area contributed by atoms with Gasteiger partial charge in [-0.3, -0.25) is 4.90 Å². The van der Waals surface area contributed by atoms with Gasteiger partial charge < -0.3 is 9.73 Å². The third kappa shape index (κ3) is 3.77. The summed E-state index contributed by atoms with van der Waals surface area (Å²) in [6, 6.07) is 3.33. The van der Waals surface area contributed by atoms with Gasteiger partial charge in [0.25, 0.3) is 0 Å². The lowest BCUT2D eigenvalue weighted by atomic mass is 10.2. The van der Waals surface area contributed by atoms with Crippen LogP contribution in [0.5, 0.6) is 0 Å². The van der Waals surface area contributed by atoms with E-state index in [1.54, 1.807) is 0 Å². The van der Waals surface area contributed by atoms with Crippen molar-refractivity contribution in [1.82, 2.24) is 10.2 Å². The summed E-state index contributed by atoms with van der Waals surface area (Å²) < 4.78 is 5.58. The summed E-state index contributed by atoms with van der Waals surface area (Å²) in [6.45, 7) is 6.14. The maximum atomic E-state index is 5.58. The second-order valence-electron chi connectivity index (χ2n) is 5.34. The maximum absolute atomic E-state index is 5.58. The van der Waals surface area contributed by atoms with Gasteiger partial charge in [-0.05, 0) is 25.3 Å². The van der Waals surface area contributed by atoms with Crippen molar-refractivity contribution >= 4 is 11.8 Å². The van der Waals surface area contributed by atoms with E-state index in [1.807, 2.05) is 6.26 Å². The van der Waals surface area contributed by atoms with Crippen molar-refractivity contribution in [2.75, 3.05) is 18.6 Å². The van der Waals surface area contributed by atoms with Gasteiger partial charge in [-0.15, -0.1) is 0 Å². The fourth-order valence-corrected chi connectivity index (χ4v) is 3.53. The monoisotopic (exact) mass is 268 g/mol. The Bertz CT molecular complexity index is 358. The fraction of sp³-hybridized carbons (Fsp3) is 0.714. The number of hydrogen-bond donors (Lipinski definition) is 1. The van der Waals surface area contributed by atoms with E-state index in [-0.39, 0.29) is 0 Å². The minimum Gasteiger partial charge on any atom is -0.468 e. The zero-order valence-corrected chi connectivity index (χ0v) is 12.4. The van der Waals surface area contributed by atoms with E-state index in [1.165, 1.54) is 23.5 Å². The van der Waals surface area contributed by atoms with Gasteiger partial charge in [0, 0.05) is 29.9 Å². The summed E-state index contributed by atoms with van der Waals surface area (Å²) in [4.78, 5) is 2.46. The smallest absolute Gasteiger partial charge is 0.122 e. The molecule has 4 heteroatoms. The Morgan fingerprint density at radius 2 is 2.39 bits per heavy atom. The van der Waals surface area contributed by atoms with E-state index in [0.717, 1.165) is 24.9 Å². The normalized spacial score (nSPS) is 20.2. The van der Waals surface area contributed by atoms with Crippen LogP contribution in [0.3, 0.4) is 0 Å². The SMILES string of the molecule is CC(C)NCc1occc1CN(C)C1CCSC1. The first-order valence-electron chi connectivity index (χ1n) is 6.73. The summed E-state index contributed by atoms with van der Waals surface area (Å²) in [5.74, 6) is 3.66. The van der Waals surface area contributed by atoms with E-state index < -0.39 is 0 Å². The molecule has 1 atom stereocenters. The number of nitrogens with zero attached hydrogens (tertiary/aromatic N) is 1. The summed E-state index contributed by atoms with van der Waals surface area (Å²) in [6.07, 6.45) is 3.13. The summed E-state index contributed by atoms with van der Waals surface area (Å²) >= 11 is 2.06. The average molecular weight is 268 g/mol. The van der Waals surface area contributed by atoms with Crippen molar-refractivity contribution in [1.29, 1.82) is 0 Å². The first-order chi connectivity index (χ1) is 8.66. The van der Waals surface area contributed by atoms with Gasteiger partial charge in [-0.1, -0.05) is 13.8 Å². The lowest BCUT2D eigenvalue weighted by Gasteiger charge is -2.23. The number of furan rings is 1. The minimum absolute atomic E-state index is 0.493. The van der Waals surface area contributed by atoms with Gasteiger partial charge in [-0.2, -0.15) is 11.8 Å². The Kier molecular flexibility index (Phi) is 5.15. The second-order valence-corrected chi connectivity index (χ2v) is 6.49. The molecule has 1 fully saturated rings. The van der Waals surface area contributed by atoms with Crippen LogP contribution in [0.25, 0.3) is 0 Å². The largest absolute Gasteiger partial charge is 0.468 e. The lowest BCUT2D eigenvalue weighted by Crippen LogP contribution is -2.31. The molecule has 0 aromatic carbocycles. The highest BCUT2D eigenvalue weighted by atomic mass is 32.2. The Hall–Kier alpha value is -0.450. The molecule has 1 aliphatic rings. The van der Waals surface area contributed by atoms with Crippen molar-refractivity contribution in [2.24, 2.45) is 0 Å². The highest BCUT2D eigenvalue weighted by Crippen LogP contribution is 2.23. The van der Waals surface area contributed by atoms with Crippen molar-refractivity contribution in [3.8, 4) is 0 Å². The molecule has 18 heavy (non-hydrogen) atoms. The summed E-state index contributed by atoms with van der Waals surface area (Å²) in [5, 5.41) is 3.41. The van der Waals surface area contributed by atoms with E-state index >= 15 is 0 Å². The van der Waals surface area contributed by atoms with Gasteiger partial charge in [0.1, 0.15) is 5.76 Å². The molecule has 0 aliphatic carbocycles. The molecule has 102 valence electrons. The van der Waals surface area contributed by atoms with E-state index in [0.29, 0.717) is 6.04 Å². The first kappa shape index (κ1) is 14.0. The van der Waals surface area contributed by atoms with Gasteiger partial charge in [0.05, 0.1) is 12.8 Å². The Morgan fingerprint density at radius 1 is 1.56 bits per heavy atom. The van der Waals surface area contributed by atoms with Gasteiger partial charge >= 0.3 is 0 Å². The van der Waals surface area contributed by atoms with Crippen molar-refractivity contribution in [2.45, 2.75) is 45.4 Å². The molecule has 0 amide bonds. The van der Waals surface area contributed by atoms with E-state index in [9.17, 15) is 0 Å². The van der Waals surface area contributed by atoms with Crippen molar-refractivity contribution < 1.29 is 4.42 Å². The van der Waals surface area contributed by atoms with Crippen molar-refractivity contribution in [3.63, 3.8) is 0 Å². The fourth-order valence-electron chi connectivity index (χ4n) is 2.23. The van der Waals surface area contributed by atoms with Crippen LogP contribution in [0.1, 0.15) is 31.6 Å². The topological polar surface area (TPSA) is 28.4 Å². The van der Waals surface area contributed by atoms with Crippen LogP contribution >= 0.6 is 11.8 Å². The Balaban J connectivity index is 1.90. The van der Waals surface area contributed by atoms with Crippen LogP contribution in [0, 0.1) is 0 Å². The molecule has 1 saturated heterocycles. The molecule has 1 N–H and O–H groups in total. The minimum atomic E-state index is 0.493. The second kappa shape index (κ2) is 6.64. The molecule has 1 aromatic rings. The van der Waals surface area contributed by atoms with Gasteiger partial charge in [-0.25, -0.2) is 0 Å². The van der Waals surface area contributed by atoms with Crippen LogP contribution in [0.2, 0.25) is 0 Å². The number of rotatable bonds is 6. The first-order valence-corrected chi connectivity index (χ1v) is 7.89. The molecular weight excluding hydrogens is 244 g/mol. The number of thioether (sulfide) groups is 1.